The molecule has 1 saturated heterocycles. The molecular weight excluding hydrogens is 553 g/mol. The van der Waals surface area contributed by atoms with Crippen LogP contribution in [0.1, 0.15) is 17.5 Å². The monoisotopic (exact) mass is 580 g/mol. The van der Waals surface area contributed by atoms with Crippen molar-refractivity contribution in [3.8, 4) is 0 Å². The first-order valence-corrected chi connectivity index (χ1v) is 13.8. The van der Waals surface area contributed by atoms with Gasteiger partial charge in [-0.25, -0.2) is 13.1 Å². The Hall–Kier alpha value is -3.76. The molecule has 0 amide bonds. The predicted molar refractivity (Wildman–Crippen MR) is 137 cm³/mol. The molecule has 0 spiro atoms. The molecule has 3 atom stereocenters. The number of halogens is 3. The summed E-state index contributed by atoms with van der Waals surface area (Å²) in [5.74, 6) is -2.51. The van der Waals surface area contributed by atoms with Gasteiger partial charge in [-0.2, -0.15) is 17.5 Å². The second-order valence-corrected chi connectivity index (χ2v) is 11.9. The number of sulfonamides is 1. The molecule has 3 unspecified atom stereocenters. The van der Waals surface area contributed by atoms with E-state index < -0.39 is 43.9 Å². The first-order valence-electron chi connectivity index (χ1n) is 12.4. The van der Waals surface area contributed by atoms with Gasteiger partial charge in [0.2, 0.25) is 16.0 Å². The van der Waals surface area contributed by atoms with Gasteiger partial charge in [0, 0.05) is 44.3 Å². The van der Waals surface area contributed by atoms with Crippen LogP contribution in [0, 0.1) is 5.92 Å². The van der Waals surface area contributed by atoms with Crippen molar-refractivity contribution in [1.82, 2.24) is 24.5 Å². The van der Waals surface area contributed by atoms with Gasteiger partial charge in [0.1, 0.15) is 10.3 Å². The van der Waals surface area contributed by atoms with Crippen molar-refractivity contribution in [3.63, 3.8) is 0 Å². The highest BCUT2D eigenvalue weighted by Gasteiger charge is 2.86. The lowest BCUT2D eigenvalue weighted by molar-refractivity contribution is -0.140. The highest BCUT2D eigenvalue weighted by molar-refractivity contribution is 7.90. The highest BCUT2D eigenvalue weighted by Crippen LogP contribution is 2.67. The molecule has 2 aromatic carbocycles. The number of piperazine rings is 1. The standard InChI is InChI=1S/C24H27F3N8O4S/c25-24(26,27)17-6-8-18(9-7-17)33-12-14-34(15-13-33)40(38,39)23(16-4-2-1-3-5-16)19(22(23,29)20(36)37)10-11-35-21(28)30-31-32-35/h1-9,19H,10-15,29H2,(H,36,37)(H2,28,30,32). The Labute approximate surface area is 227 Å². The summed E-state index contributed by atoms with van der Waals surface area (Å²) in [6.45, 7) is 0.389. The Kier molecular flexibility index (Phi) is 6.74. The van der Waals surface area contributed by atoms with Gasteiger partial charge in [0.15, 0.2) is 0 Å². The average Bonchev–Trinajstić information content (AvgIpc) is 3.27. The molecule has 16 heteroatoms. The number of tetrazole rings is 1. The molecule has 12 nitrogen and oxygen atoms in total. The number of carboxylic acids is 1. The summed E-state index contributed by atoms with van der Waals surface area (Å²) in [6.07, 6.45) is -4.45. The fraction of sp³-hybridized carbons (Fsp3) is 0.417. The molecule has 0 radical (unpaired) electrons. The van der Waals surface area contributed by atoms with Gasteiger partial charge < -0.3 is 21.5 Å². The molecule has 2 heterocycles. The summed E-state index contributed by atoms with van der Waals surface area (Å²) in [5, 5.41) is 21.1. The van der Waals surface area contributed by atoms with Crippen molar-refractivity contribution in [3.05, 3.63) is 65.7 Å². The van der Waals surface area contributed by atoms with Crippen LogP contribution in [0.15, 0.2) is 54.6 Å². The van der Waals surface area contributed by atoms with Crippen LogP contribution in [0.5, 0.6) is 0 Å². The zero-order valence-corrected chi connectivity index (χ0v) is 21.9. The largest absolute Gasteiger partial charge is 0.480 e. The van der Waals surface area contributed by atoms with Crippen LogP contribution in [-0.4, -0.2) is 75.7 Å². The molecule has 214 valence electrons. The number of aryl methyl sites for hydroxylation is 1. The molecule has 1 aliphatic carbocycles. The molecule has 1 aliphatic heterocycles. The lowest BCUT2D eigenvalue weighted by atomic mass is 10.1. The van der Waals surface area contributed by atoms with E-state index in [0.717, 1.165) is 12.1 Å². The lowest BCUT2D eigenvalue weighted by Gasteiger charge is -2.38. The summed E-state index contributed by atoms with van der Waals surface area (Å²) >= 11 is 0. The van der Waals surface area contributed by atoms with Gasteiger partial charge in [-0.05, 0) is 46.7 Å². The minimum Gasteiger partial charge on any atom is -0.480 e. The zero-order valence-electron chi connectivity index (χ0n) is 21.1. The van der Waals surface area contributed by atoms with Crippen LogP contribution in [0.3, 0.4) is 0 Å². The van der Waals surface area contributed by atoms with E-state index in [-0.39, 0.29) is 50.7 Å². The normalized spacial score (nSPS) is 25.6. The average molecular weight is 581 g/mol. The second kappa shape index (κ2) is 9.71. The fourth-order valence-electron chi connectivity index (χ4n) is 5.83. The minimum atomic E-state index is -4.47. The molecule has 3 aromatic rings. The Morgan fingerprint density at radius 2 is 1.68 bits per heavy atom. The maximum atomic E-state index is 14.4. The molecule has 5 N–H and O–H groups in total. The van der Waals surface area contributed by atoms with Gasteiger partial charge >= 0.3 is 12.1 Å². The first kappa shape index (κ1) is 27.8. The van der Waals surface area contributed by atoms with E-state index in [9.17, 15) is 31.5 Å². The van der Waals surface area contributed by atoms with E-state index in [1.807, 2.05) is 0 Å². The number of nitrogen functional groups attached to an aromatic ring is 1. The quantitative estimate of drug-likeness (QED) is 0.350. The number of aliphatic carboxylic acids is 1. The van der Waals surface area contributed by atoms with Crippen LogP contribution in [-0.2, 0) is 32.3 Å². The van der Waals surface area contributed by atoms with E-state index in [1.54, 1.807) is 35.2 Å². The van der Waals surface area contributed by atoms with E-state index in [4.69, 9.17) is 11.5 Å². The molecule has 1 aromatic heterocycles. The molecule has 2 fully saturated rings. The topological polar surface area (TPSA) is 174 Å². The third-order valence-electron chi connectivity index (χ3n) is 7.86. The fourth-order valence-corrected chi connectivity index (χ4v) is 8.57. The Balaban J connectivity index is 1.44. The summed E-state index contributed by atoms with van der Waals surface area (Å²) < 4.78 is 68.1. The van der Waals surface area contributed by atoms with E-state index in [0.29, 0.717) is 5.69 Å². The molecular formula is C24H27F3N8O4S. The number of hydrogen-bond donors (Lipinski definition) is 3. The van der Waals surface area contributed by atoms with Gasteiger partial charge in [0.25, 0.3) is 0 Å². The van der Waals surface area contributed by atoms with Gasteiger partial charge in [-0.3, -0.25) is 4.79 Å². The Bertz CT molecular complexity index is 1490. The third kappa shape index (κ3) is 4.17. The van der Waals surface area contributed by atoms with Crippen molar-refractivity contribution in [2.24, 2.45) is 11.7 Å². The van der Waals surface area contributed by atoms with Crippen LogP contribution < -0.4 is 16.4 Å². The van der Waals surface area contributed by atoms with Crippen LogP contribution in [0.25, 0.3) is 0 Å². The van der Waals surface area contributed by atoms with Crippen LogP contribution in [0.4, 0.5) is 24.8 Å². The van der Waals surface area contributed by atoms with Crippen LogP contribution in [0.2, 0.25) is 0 Å². The molecule has 5 rings (SSSR count). The summed E-state index contributed by atoms with van der Waals surface area (Å²) in [4.78, 5) is 14.4. The number of hydrogen-bond acceptors (Lipinski definition) is 9. The SMILES string of the molecule is Nc1nnnn1CCC1C(N)(C(=O)O)C1(c1ccccc1)S(=O)(=O)N1CCN(c2ccc(C(F)(F)F)cc2)CC1. The van der Waals surface area contributed by atoms with Crippen molar-refractivity contribution in [2.45, 2.75) is 29.4 Å². The number of nitrogens with zero attached hydrogens (tertiary/aromatic N) is 6. The van der Waals surface area contributed by atoms with Crippen molar-refractivity contribution in [1.29, 1.82) is 0 Å². The molecule has 1 saturated carbocycles. The summed E-state index contributed by atoms with van der Waals surface area (Å²) in [5.41, 5.74) is 10.1. The first-order chi connectivity index (χ1) is 18.8. The minimum absolute atomic E-state index is 0.00819. The number of nitrogens with two attached hydrogens (primary N) is 2. The summed E-state index contributed by atoms with van der Waals surface area (Å²) in [7, 11) is -4.38. The smallest absolute Gasteiger partial charge is 0.416 e. The Morgan fingerprint density at radius 3 is 2.20 bits per heavy atom. The second-order valence-electron chi connectivity index (χ2n) is 9.81. The molecule has 0 bridgehead atoms. The third-order valence-corrected chi connectivity index (χ3v) is 10.6. The number of rotatable bonds is 8. The van der Waals surface area contributed by atoms with E-state index >= 15 is 0 Å². The van der Waals surface area contributed by atoms with Gasteiger partial charge in [-0.1, -0.05) is 35.4 Å². The number of carbonyl (C=O) groups is 1. The number of alkyl halides is 3. The van der Waals surface area contributed by atoms with Crippen molar-refractivity contribution < 1.29 is 31.5 Å². The van der Waals surface area contributed by atoms with Crippen LogP contribution >= 0.6 is 0 Å². The van der Waals surface area contributed by atoms with Gasteiger partial charge in [-0.15, -0.1) is 0 Å². The predicted octanol–water partition coefficient (Wildman–Crippen LogP) is 1.12. The number of benzene rings is 2. The number of aromatic nitrogens is 4. The lowest BCUT2D eigenvalue weighted by Crippen LogP contribution is -2.55. The van der Waals surface area contributed by atoms with E-state index in [2.05, 4.69) is 15.5 Å². The maximum Gasteiger partial charge on any atom is 0.416 e. The number of carboxylic acid groups (broad SMARTS) is 1. The number of anilines is 2. The zero-order chi connectivity index (χ0) is 28.9. The highest BCUT2D eigenvalue weighted by atomic mass is 32.2. The Morgan fingerprint density at radius 1 is 1.05 bits per heavy atom. The summed E-state index contributed by atoms with van der Waals surface area (Å²) in [6, 6.07) is 12.7. The van der Waals surface area contributed by atoms with Crippen molar-refractivity contribution in [2.75, 3.05) is 36.8 Å². The van der Waals surface area contributed by atoms with Gasteiger partial charge in [0.05, 0.1) is 5.56 Å². The van der Waals surface area contributed by atoms with Crippen molar-refractivity contribution >= 4 is 27.6 Å². The molecule has 40 heavy (non-hydrogen) atoms. The molecule has 2 aliphatic rings. The van der Waals surface area contributed by atoms with E-state index in [1.165, 1.54) is 21.1 Å². The maximum absolute atomic E-state index is 14.4.